The molecule has 0 aromatic heterocycles. The number of nitriles is 1. The average Bonchev–Trinajstić information content (AvgIpc) is 3.23. The van der Waals surface area contributed by atoms with E-state index in [1.807, 2.05) is 61.2 Å². The first-order chi connectivity index (χ1) is 13.0. The van der Waals surface area contributed by atoms with Crippen molar-refractivity contribution in [1.29, 1.82) is 5.26 Å². The molecule has 1 aliphatic carbocycles. The van der Waals surface area contributed by atoms with Crippen LogP contribution in [0.4, 0.5) is 0 Å². The van der Waals surface area contributed by atoms with Gasteiger partial charge in [0.1, 0.15) is 11.4 Å². The second-order valence-corrected chi connectivity index (χ2v) is 7.18. The van der Waals surface area contributed by atoms with Gasteiger partial charge in [0.05, 0.1) is 18.2 Å². The number of rotatable bonds is 5. The lowest BCUT2D eigenvalue weighted by molar-refractivity contribution is -0.131. The highest BCUT2D eigenvalue weighted by Gasteiger charge is 2.48. The summed E-state index contributed by atoms with van der Waals surface area (Å²) in [7, 11) is 0. The normalized spacial score (nSPS) is 19.0. The monoisotopic (exact) mass is 359 g/mol. The SMILES string of the molecule is C=C(C#N)/C(=C\C=C/C)c1ccc(CN2C(=O)C3(CCCC3)N=C2C)cc1. The van der Waals surface area contributed by atoms with Crippen molar-refractivity contribution in [2.45, 2.75) is 51.6 Å². The van der Waals surface area contributed by atoms with E-state index < -0.39 is 5.54 Å². The topological polar surface area (TPSA) is 56.5 Å². The minimum Gasteiger partial charge on any atom is -0.294 e. The fraction of sp³-hybridized carbons (Fsp3) is 0.348. The lowest BCUT2D eigenvalue weighted by Crippen LogP contribution is -2.40. The second kappa shape index (κ2) is 7.75. The smallest absolute Gasteiger partial charge is 0.256 e. The fourth-order valence-electron chi connectivity index (χ4n) is 3.88. The summed E-state index contributed by atoms with van der Waals surface area (Å²) in [5, 5.41) is 9.20. The third kappa shape index (κ3) is 3.64. The number of hydrogen-bond acceptors (Lipinski definition) is 3. The van der Waals surface area contributed by atoms with Crippen LogP contribution in [0.1, 0.15) is 50.7 Å². The molecule has 1 aromatic rings. The molecular weight excluding hydrogens is 334 g/mol. The van der Waals surface area contributed by atoms with Crippen molar-refractivity contribution in [2.24, 2.45) is 4.99 Å². The van der Waals surface area contributed by atoms with Crippen LogP contribution in [0.2, 0.25) is 0 Å². The van der Waals surface area contributed by atoms with Crippen LogP contribution >= 0.6 is 0 Å². The molecule has 0 radical (unpaired) electrons. The minimum absolute atomic E-state index is 0.146. The van der Waals surface area contributed by atoms with E-state index >= 15 is 0 Å². The molecule has 1 aliphatic heterocycles. The Morgan fingerprint density at radius 2 is 2.00 bits per heavy atom. The summed E-state index contributed by atoms with van der Waals surface area (Å²) in [4.78, 5) is 19.4. The zero-order valence-electron chi connectivity index (χ0n) is 16.0. The molecular formula is C23H25N3O. The molecule has 3 rings (SSSR count). The number of nitrogens with zero attached hydrogens (tertiary/aromatic N) is 3. The number of amides is 1. The molecule has 138 valence electrons. The van der Waals surface area contributed by atoms with Crippen LogP contribution in [0.15, 0.2) is 59.6 Å². The summed E-state index contributed by atoms with van der Waals surface area (Å²) in [6.07, 6.45) is 9.60. The quantitative estimate of drug-likeness (QED) is 0.560. The Balaban J connectivity index is 1.78. The van der Waals surface area contributed by atoms with Gasteiger partial charge in [0.15, 0.2) is 0 Å². The van der Waals surface area contributed by atoms with Crippen molar-refractivity contribution in [3.05, 3.63) is 65.8 Å². The number of aliphatic imine (C=N–C) groups is 1. The van der Waals surface area contributed by atoms with Gasteiger partial charge >= 0.3 is 0 Å². The van der Waals surface area contributed by atoms with E-state index in [1.54, 1.807) is 0 Å². The van der Waals surface area contributed by atoms with Gasteiger partial charge in [0, 0.05) is 0 Å². The number of allylic oxidation sites excluding steroid dienone is 5. The highest BCUT2D eigenvalue weighted by Crippen LogP contribution is 2.39. The Kier molecular flexibility index (Phi) is 5.41. The van der Waals surface area contributed by atoms with Crippen molar-refractivity contribution >= 4 is 17.3 Å². The Bertz CT molecular complexity index is 875. The van der Waals surface area contributed by atoms with Crippen LogP contribution in [-0.4, -0.2) is 22.2 Å². The van der Waals surface area contributed by atoms with Gasteiger partial charge in [-0.25, -0.2) is 0 Å². The Morgan fingerprint density at radius 1 is 1.33 bits per heavy atom. The standard InChI is InChI=1S/C23H25N3O/c1-4-5-8-21(17(2)15-24)20-11-9-19(10-12-20)16-26-18(3)25-23(22(26)27)13-6-7-14-23/h4-5,8-12H,2,6-7,13-14,16H2,1,3H3/b5-4-,21-8+. The number of benzene rings is 1. The van der Waals surface area contributed by atoms with Crippen LogP contribution in [0, 0.1) is 11.3 Å². The summed E-state index contributed by atoms with van der Waals surface area (Å²) in [5.41, 5.74) is 2.74. The van der Waals surface area contributed by atoms with Crippen LogP contribution in [0.3, 0.4) is 0 Å². The molecule has 0 atom stereocenters. The Labute approximate surface area is 161 Å². The molecule has 1 heterocycles. The third-order valence-electron chi connectivity index (χ3n) is 5.36. The summed E-state index contributed by atoms with van der Waals surface area (Å²) in [6.45, 7) is 8.22. The van der Waals surface area contributed by atoms with Crippen molar-refractivity contribution in [3.63, 3.8) is 0 Å². The van der Waals surface area contributed by atoms with Crippen molar-refractivity contribution in [2.75, 3.05) is 0 Å². The van der Waals surface area contributed by atoms with E-state index in [1.165, 1.54) is 0 Å². The van der Waals surface area contributed by atoms with Gasteiger partial charge in [-0.1, -0.05) is 61.9 Å². The van der Waals surface area contributed by atoms with E-state index in [2.05, 4.69) is 12.6 Å². The first-order valence-electron chi connectivity index (χ1n) is 9.41. The molecule has 4 heteroatoms. The predicted octanol–water partition coefficient (Wildman–Crippen LogP) is 4.80. The first kappa shape index (κ1) is 18.8. The summed E-state index contributed by atoms with van der Waals surface area (Å²) >= 11 is 0. The van der Waals surface area contributed by atoms with E-state index in [0.717, 1.165) is 48.2 Å². The van der Waals surface area contributed by atoms with Crippen molar-refractivity contribution in [1.82, 2.24) is 4.90 Å². The lowest BCUT2D eigenvalue weighted by Gasteiger charge is -2.22. The summed E-state index contributed by atoms with van der Waals surface area (Å²) in [5.74, 6) is 0.964. The zero-order chi connectivity index (χ0) is 19.4. The summed E-state index contributed by atoms with van der Waals surface area (Å²) in [6, 6.07) is 10.1. The van der Waals surface area contributed by atoms with Gasteiger partial charge in [-0.2, -0.15) is 5.26 Å². The zero-order valence-corrected chi connectivity index (χ0v) is 16.0. The van der Waals surface area contributed by atoms with E-state index in [0.29, 0.717) is 12.1 Å². The van der Waals surface area contributed by atoms with Gasteiger partial charge < -0.3 is 0 Å². The van der Waals surface area contributed by atoms with Crippen LogP contribution in [-0.2, 0) is 11.3 Å². The molecule has 1 fully saturated rings. The maximum Gasteiger partial charge on any atom is 0.256 e. The van der Waals surface area contributed by atoms with Crippen molar-refractivity contribution in [3.8, 4) is 6.07 Å². The van der Waals surface area contributed by atoms with Gasteiger partial charge in [-0.15, -0.1) is 0 Å². The number of hydrogen-bond donors (Lipinski definition) is 0. The van der Waals surface area contributed by atoms with Crippen LogP contribution < -0.4 is 0 Å². The number of carbonyl (C=O) groups excluding carboxylic acids is 1. The fourth-order valence-corrected chi connectivity index (χ4v) is 3.88. The maximum absolute atomic E-state index is 12.9. The molecule has 0 saturated heterocycles. The van der Waals surface area contributed by atoms with Gasteiger partial charge in [0.2, 0.25) is 0 Å². The van der Waals surface area contributed by atoms with Gasteiger partial charge in [-0.3, -0.25) is 14.7 Å². The van der Waals surface area contributed by atoms with E-state index in [9.17, 15) is 10.1 Å². The first-order valence-corrected chi connectivity index (χ1v) is 9.41. The highest BCUT2D eigenvalue weighted by atomic mass is 16.2. The maximum atomic E-state index is 12.9. The number of carbonyl (C=O) groups is 1. The average molecular weight is 359 g/mol. The third-order valence-corrected chi connectivity index (χ3v) is 5.36. The van der Waals surface area contributed by atoms with Gasteiger partial charge in [0.25, 0.3) is 5.91 Å². The van der Waals surface area contributed by atoms with Crippen molar-refractivity contribution < 1.29 is 4.79 Å². The molecule has 1 saturated carbocycles. The Morgan fingerprint density at radius 3 is 2.59 bits per heavy atom. The van der Waals surface area contributed by atoms with E-state index in [4.69, 9.17) is 4.99 Å². The molecule has 0 N–H and O–H groups in total. The van der Waals surface area contributed by atoms with Crippen LogP contribution in [0.25, 0.3) is 5.57 Å². The Hall–Kier alpha value is -2.93. The highest BCUT2D eigenvalue weighted by molar-refractivity contribution is 6.07. The molecule has 2 aliphatic rings. The molecule has 0 unspecified atom stereocenters. The number of amidine groups is 1. The lowest BCUT2D eigenvalue weighted by atomic mass is 9.97. The molecule has 4 nitrogen and oxygen atoms in total. The largest absolute Gasteiger partial charge is 0.294 e. The molecule has 1 aromatic carbocycles. The van der Waals surface area contributed by atoms with E-state index in [-0.39, 0.29) is 5.91 Å². The summed E-state index contributed by atoms with van der Waals surface area (Å²) < 4.78 is 0. The molecule has 1 amide bonds. The molecule has 1 spiro atoms. The van der Waals surface area contributed by atoms with Gasteiger partial charge in [-0.05, 0) is 43.4 Å². The van der Waals surface area contributed by atoms with Crippen LogP contribution in [0.5, 0.6) is 0 Å². The molecule has 0 bridgehead atoms. The minimum atomic E-state index is -0.489. The second-order valence-electron chi connectivity index (χ2n) is 7.18. The molecule has 27 heavy (non-hydrogen) atoms. The predicted molar refractivity (Wildman–Crippen MR) is 109 cm³/mol.